The van der Waals surface area contributed by atoms with Crippen LogP contribution in [0.3, 0.4) is 0 Å². The molecule has 5 heteroatoms. The minimum atomic E-state index is -0.993. The Hall–Kier alpha value is -1.39. The average molecular weight is 333 g/mol. The van der Waals surface area contributed by atoms with E-state index in [0.29, 0.717) is 30.6 Å². The number of hydrogen-bond acceptors (Lipinski definition) is 3. The maximum absolute atomic E-state index is 13.1. The molecule has 1 amide bonds. The molecule has 0 radical (unpaired) electrons. The molecule has 0 aromatic heterocycles. The predicted molar refractivity (Wildman–Crippen MR) is 87.1 cm³/mol. The van der Waals surface area contributed by atoms with Gasteiger partial charge in [-0.2, -0.15) is 0 Å². The van der Waals surface area contributed by atoms with E-state index < -0.39 is 12.0 Å². The van der Waals surface area contributed by atoms with Crippen molar-refractivity contribution >= 4 is 17.7 Å². The van der Waals surface area contributed by atoms with Gasteiger partial charge in [-0.25, -0.2) is 4.79 Å². The van der Waals surface area contributed by atoms with Crippen molar-refractivity contribution in [2.24, 2.45) is 29.1 Å². The zero-order valence-electron chi connectivity index (χ0n) is 14.1. The highest BCUT2D eigenvalue weighted by Crippen LogP contribution is 2.60. The maximum Gasteiger partial charge on any atom is 0.326 e. The van der Waals surface area contributed by atoms with E-state index >= 15 is 0 Å². The van der Waals surface area contributed by atoms with Crippen molar-refractivity contribution in [2.45, 2.75) is 70.3 Å². The molecule has 0 unspecified atom stereocenters. The van der Waals surface area contributed by atoms with Crippen LogP contribution < -0.4 is 5.32 Å². The van der Waals surface area contributed by atoms with Crippen LogP contribution in [0.2, 0.25) is 0 Å². The summed E-state index contributed by atoms with van der Waals surface area (Å²) in [6, 6.07) is -0.908. The summed E-state index contributed by atoms with van der Waals surface area (Å²) in [6.07, 6.45) is 8.85. The Kier molecular flexibility index (Phi) is 3.92. The second-order valence-corrected chi connectivity index (χ2v) is 8.88. The van der Waals surface area contributed by atoms with Gasteiger partial charge in [0.15, 0.2) is 0 Å². The van der Waals surface area contributed by atoms with Crippen molar-refractivity contribution < 1.29 is 19.5 Å². The van der Waals surface area contributed by atoms with Gasteiger partial charge in [0.1, 0.15) is 11.8 Å². The molecule has 5 aliphatic rings. The van der Waals surface area contributed by atoms with Crippen molar-refractivity contribution in [3.8, 4) is 0 Å². The number of amides is 1. The van der Waals surface area contributed by atoms with Crippen LogP contribution >= 0.6 is 0 Å². The molecule has 5 aliphatic carbocycles. The summed E-state index contributed by atoms with van der Waals surface area (Å²) in [5.41, 5.74) is -0.332. The minimum absolute atomic E-state index is 0.0491. The first-order valence-electron chi connectivity index (χ1n) is 9.51. The first kappa shape index (κ1) is 16.1. The molecule has 4 bridgehead atoms. The van der Waals surface area contributed by atoms with Gasteiger partial charge < -0.3 is 10.4 Å². The molecule has 5 saturated carbocycles. The second-order valence-electron chi connectivity index (χ2n) is 8.88. The number of rotatable bonds is 4. The van der Waals surface area contributed by atoms with Crippen molar-refractivity contribution in [1.29, 1.82) is 0 Å². The Morgan fingerprint density at radius 1 is 1.08 bits per heavy atom. The van der Waals surface area contributed by atoms with Crippen molar-refractivity contribution in [3.05, 3.63) is 0 Å². The highest BCUT2D eigenvalue weighted by Gasteiger charge is 2.55. The summed E-state index contributed by atoms with van der Waals surface area (Å²) in [4.78, 5) is 36.5. The van der Waals surface area contributed by atoms with E-state index in [0.717, 1.165) is 25.7 Å². The van der Waals surface area contributed by atoms with E-state index in [2.05, 4.69) is 5.32 Å². The van der Waals surface area contributed by atoms with Crippen LogP contribution in [0.15, 0.2) is 0 Å². The summed E-state index contributed by atoms with van der Waals surface area (Å²) < 4.78 is 0. The fourth-order valence-electron chi connectivity index (χ4n) is 6.41. The number of aliphatic carboxylic acids is 1. The molecular formula is C19H27NO4. The number of carbonyl (C=O) groups excluding carboxylic acids is 2. The highest BCUT2D eigenvalue weighted by molar-refractivity contribution is 5.89. The molecule has 0 aromatic rings. The lowest BCUT2D eigenvalue weighted by molar-refractivity contribution is -0.153. The van der Waals surface area contributed by atoms with Crippen molar-refractivity contribution in [2.75, 3.05) is 0 Å². The molecule has 2 N–H and O–H groups in total. The first-order chi connectivity index (χ1) is 11.4. The van der Waals surface area contributed by atoms with Crippen molar-refractivity contribution in [3.63, 3.8) is 0 Å². The van der Waals surface area contributed by atoms with Crippen LogP contribution in [0.5, 0.6) is 0 Å². The molecule has 0 saturated heterocycles. The molecule has 5 rings (SSSR count). The standard InChI is InChI=1S/C19H27NO4/c21-15-3-1-2-14(7-15)16(17(22)23)20-18(24)19-8-11-4-12(9-19)6-13(5-11)10-19/h11-14,16H,1-10H2,(H,20,24)(H,22,23)/t11?,12?,13?,14-,16-,19?/m1/s1. The highest BCUT2D eigenvalue weighted by atomic mass is 16.4. The summed E-state index contributed by atoms with van der Waals surface area (Å²) in [5, 5.41) is 12.5. The van der Waals surface area contributed by atoms with Crippen LogP contribution in [0.4, 0.5) is 0 Å². The van der Waals surface area contributed by atoms with E-state index in [1.165, 1.54) is 19.3 Å². The molecule has 0 aliphatic heterocycles. The van der Waals surface area contributed by atoms with Gasteiger partial charge in [-0.3, -0.25) is 9.59 Å². The zero-order valence-corrected chi connectivity index (χ0v) is 14.1. The fraction of sp³-hybridized carbons (Fsp3) is 0.842. The Bertz CT molecular complexity index is 534. The van der Waals surface area contributed by atoms with E-state index in [9.17, 15) is 19.5 Å². The minimum Gasteiger partial charge on any atom is -0.480 e. The van der Waals surface area contributed by atoms with Crippen LogP contribution in [-0.4, -0.2) is 28.8 Å². The van der Waals surface area contributed by atoms with E-state index in [1.54, 1.807) is 0 Å². The molecule has 24 heavy (non-hydrogen) atoms. The molecule has 132 valence electrons. The smallest absolute Gasteiger partial charge is 0.326 e. The normalized spacial score (nSPS) is 41.9. The number of nitrogens with one attached hydrogen (secondary N) is 1. The number of carbonyl (C=O) groups is 3. The summed E-state index contributed by atoms with van der Waals surface area (Å²) in [7, 11) is 0. The van der Waals surface area contributed by atoms with Gasteiger partial charge in [0.2, 0.25) is 5.91 Å². The lowest BCUT2D eigenvalue weighted by atomic mass is 9.49. The fourth-order valence-corrected chi connectivity index (χ4v) is 6.41. The van der Waals surface area contributed by atoms with Crippen LogP contribution in [0.25, 0.3) is 0 Å². The monoisotopic (exact) mass is 333 g/mol. The quantitative estimate of drug-likeness (QED) is 0.828. The molecule has 5 fully saturated rings. The topological polar surface area (TPSA) is 83.5 Å². The Morgan fingerprint density at radius 2 is 1.67 bits per heavy atom. The van der Waals surface area contributed by atoms with Crippen molar-refractivity contribution in [1.82, 2.24) is 5.32 Å². The molecular weight excluding hydrogens is 306 g/mol. The molecule has 5 nitrogen and oxygen atoms in total. The van der Waals surface area contributed by atoms with Crippen LogP contribution in [-0.2, 0) is 14.4 Å². The number of ketones is 1. The summed E-state index contributed by atoms with van der Waals surface area (Å²) in [5.74, 6) is 0.799. The lowest BCUT2D eigenvalue weighted by Crippen LogP contribution is -2.57. The number of hydrogen-bond donors (Lipinski definition) is 2. The third-order valence-corrected chi connectivity index (χ3v) is 7.06. The average Bonchev–Trinajstić information content (AvgIpc) is 2.50. The third-order valence-electron chi connectivity index (χ3n) is 7.06. The van der Waals surface area contributed by atoms with Crippen LogP contribution in [0.1, 0.15) is 64.2 Å². The molecule has 0 heterocycles. The number of Topliss-reactive ketones (excluding diaryl/α,β-unsaturated/α-hetero) is 1. The maximum atomic E-state index is 13.1. The second kappa shape index (κ2) is 5.85. The Balaban J connectivity index is 1.49. The first-order valence-corrected chi connectivity index (χ1v) is 9.51. The Morgan fingerprint density at radius 3 is 2.17 bits per heavy atom. The van der Waals surface area contributed by atoms with Gasteiger partial charge in [-0.1, -0.05) is 0 Å². The van der Waals surface area contributed by atoms with Gasteiger partial charge in [0.25, 0.3) is 0 Å². The van der Waals surface area contributed by atoms with Gasteiger partial charge in [-0.15, -0.1) is 0 Å². The molecule has 0 spiro atoms. The summed E-state index contributed by atoms with van der Waals surface area (Å²) in [6.45, 7) is 0. The van der Waals surface area contributed by atoms with Gasteiger partial charge in [0.05, 0.1) is 0 Å². The lowest BCUT2D eigenvalue weighted by Gasteiger charge is -2.55. The third kappa shape index (κ3) is 2.76. The van der Waals surface area contributed by atoms with E-state index in [-0.39, 0.29) is 29.4 Å². The largest absolute Gasteiger partial charge is 0.480 e. The molecule has 0 aromatic carbocycles. The zero-order chi connectivity index (χ0) is 16.9. The van der Waals surface area contributed by atoms with Gasteiger partial charge in [0, 0.05) is 18.3 Å². The summed E-state index contributed by atoms with van der Waals surface area (Å²) >= 11 is 0. The Labute approximate surface area is 142 Å². The van der Waals surface area contributed by atoms with Gasteiger partial charge in [-0.05, 0) is 75.0 Å². The number of carboxylic acids is 1. The SMILES string of the molecule is O=C1CCC[C@@H]([C@@H](NC(=O)C23CC4CC(CC(C4)C2)C3)C(=O)O)C1. The van der Waals surface area contributed by atoms with E-state index in [1.807, 2.05) is 0 Å². The molecule has 2 atom stereocenters. The van der Waals surface area contributed by atoms with Gasteiger partial charge >= 0.3 is 5.97 Å². The predicted octanol–water partition coefficient (Wildman–Crippen LogP) is 2.53. The van der Waals surface area contributed by atoms with Crippen LogP contribution in [0, 0.1) is 29.1 Å². The number of carboxylic acid groups (broad SMARTS) is 1. The van der Waals surface area contributed by atoms with E-state index in [4.69, 9.17) is 0 Å².